The van der Waals surface area contributed by atoms with Crippen LogP contribution in [-0.2, 0) is 12.0 Å². The minimum atomic E-state index is -0.779. The number of para-hydroxylation sites is 1. The van der Waals surface area contributed by atoms with Gasteiger partial charge < -0.3 is 10.0 Å². The van der Waals surface area contributed by atoms with Crippen molar-refractivity contribution >= 4 is 5.69 Å². The topological polar surface area (TPSA) is 23.5 Å². The molecule has 0 aliphatic carbocycles. The Bertz CT molecular complexity index is 591. The van der Waals surface area contributed by atoms with Crippen LogP contribution in [0.25, 0.3) is 0 Å². The van der Waals surface area contributed by atoms with E-state index in [4.69, 9.17) is 0 Å². The standard InChI is InChI=1S/C18H21NO/c1-18(20)15(12-14-8-4-3-5-9-14)13-19(2)17-11-7-6-10-16(17)18/h3-11,15,20H,12-13H2,1-2H3. The first-order valence-electron chi connectivity index (χ1n) is 7.16. The molecule has 2 atom stereocenters. The molecule has 0 saturated carbocycles. The molecule has 2 nitrogen and oxygen atoms in total. The normalized spacial score (nSPS) is 25.4. The molecule has 1 aliphatic rings. The average molecular weight is 267 g/mol. The van der Waals surface area contributed by atoms with Crippen molar-refractivity contribution in [1.29, 1.82) is 0 Å². The van der Waals surface area contributed by atoms with Crippen LogP contribution < -0.4 is 4.90 Å². The second kappa shape index (κ2) is 4.95. The maximum Gasteiger partial charge on any atom is 0.0936 e. The fourth-order valence-electron chi connectivity index (χ4n) is 3.22. The number of hydrogen-bond donors (Lipinski definition) is 1. The number of nitrogens with zero attached hydrogens (tertiary/aromatic N) is 1. The van der Waals surface area contributed by atoms with E-state index in [0.29, 0.717) is 0 Å². The lowest BCUT2D eigenvalue weighted by molar-refractivity contribution is -0.00752. The first-order valence-corrected chi connectivity index (χ1v) is 7.16. The zero-order valence-corrected chi connectivity index (χ0v) is 12.1. The van der Waals surface area contributed by atoms with Crippen LogP contribution in [0.5, 0.6) is 0 Å². The van der Waals surface area contributed by atoms with Crippen molar-refractivity contribution in [1.82, 2.24) is 0 Å². The molecular weight excluding hydrogens is 246 g/mol. The van der Waals surface area contributed by atoms with Crippen molar-refractivity contribution < 1.29 is 5.11 Å². The van der Waals surface area contributed by atoms with Crippen LogP contribution in [0, 0.1) is 5.92 Å². The highest BCUT2D eigenvalue weighted by molar-refractivity contribution is 5.58. The molecule has 1 heterocycles. The van der Waals surface area contributed by atoms with Crippen LogP contribution in [0.1, 0.15) is 18.1 Å². The van der Waals surface area contributed by atoms with E-state index in [1.807, 2.05) is 31.2 Å². The SMILES string of the molecule is CN1CC(Cc2ccccc2)C(C)(O)c2ccccc21. The minimum absolute atomic E-state index is 0.199. The summed E-state index contributed by atoms with van der Waals surface area (Å²) in [7, 11) is 2.10. The molecule has 20 heavy (non-hydrogen) atoms. The number of hydrogen-bond acceptors (Lipinski definition) is 2. The van der Waals surface area contributed by atoms with Gasteiger partial charge in [-0.05, 0) is 25.0 Å². The Kier molecular flexibility index (Phi) is 3.27. The fourth-order valence-corrected chi connectivity index (χ4v) is 3.22. The van der Waals surface area contributed by atoms with Gasteiger partial charge in [-0.3, -0.25) is 0 Å². The second-order valence-corrected chi connectivity index (χ2v) is 5.93. The lowest BCUT2D eigenvalue weighted by Gasteiger charge is -2.43. The van der Waals surface area contributed by atoms with Crippen LogP contribution in [0.2, 0.25) is 0 Å². The van der Waals surface area contributed by atoms with E-state index >= 15 is 0 Å². The number of rotatable bonds is 2. The van der Waals surface area contributed by atoms with Crippen LogP contribution in [0.15, 0.2) is 54.6 Å². The molecule has 0 fully saturated rings. The lowest BCUT2D eigenvalue weighted by Crippen LogP contribution is -2.46. The summed E-state index contributed by atoms with van der Waals surface area (Å²) < 4.78 is 0. The molecule has 1 N–H and O–H groups in total. The molecule has 0 radical (unpaired) electrons. The van der Waals surface area contributed by atoms with Gasteiger partial charge in [0.05, 0.1) is 5.60 Å². The van der Waals surface area contributed by atoms with Crippen molar-refractivity contribution in [2.45, 2.75) is 18.9 Å². The monoisotopic (exact) mass is 267 g/mol. The van der Waals surface area contributed by atoms with E-state index in [1.165, 1.54) is 5.56 Å². The number of anilines is 1. The van der Waals surface area contributed by atoms with Crippen molar-refractivity contribution in [3.05, 3.63) is 65.7 Å². The van der Waals surface area contributed by atoms with E-state index in [0.717, 1.165) is 24.2 Å². The Morgan fingerprint density at radius 3 is 2.50 bits per heavy atom. The zero-order valence-electron chi connectivity index (χ0n) is 12.1. The summed E-state index contributed by atoms with van der Waals surface area (Å²) in [4.78, 5) is 2.25. The number of fused-ring (bicyclic) bond motifs is 1. The maximum absolute atomic E-state index is 11.0. The molecule has 2 aromatic carbocycles. The third-order valence-corrected chi connectivity index (χ3v) is 4.47. The second-order valence-electron chi connectivity index (χ2n) is 5.93. The van der Waals surface area contributed by atoms with Crippen molar-refractivity contribution in [3.63, 3.8) is 0 Å². The molecule has 104 valence electrons. The third kappa shape index (κ3) is 2.20. The molecule has 0 saturated heterocycles. The van der Waals surface area contributed by atoms with E-state index in [1.54, 1.807) is 0 Å². The summed E-state index contributed by atoms with van der Waals surface area (Å²) in [6, 6.07) is 18.6. The minimum Gasteiger partial charge on any atom is -0.385 e. The van der Waals surface area contributed by atoms with E-state index in [9.17, 15) is 5.11 Å². The van der Waals surface area contributed by atoms with Gasteiger partial charge >= 0.3 is 0 Å². The lowest BCUT2D eigenvalue weighted by atomic mass is 9.75. The molecule has 0 bridgehead atoms. The van der Waals surface area contributed by atoms with E-state index in [-0.39, 0.29) is 5.92 Å². The Hall–Kier alpha value is -1.80. The summed E-state index contributed by atoms with van der Waals surface area (Å²) in [5.41, 5.74) is 2.68. The Morgan fingerprint density at radius 2 is 1.75 bits per heavy atom. The van der Waals surface area contributed by atoms with Gasteiger partial charge in [-0.1, -0.05) is 48.5 Å². The van der Waals surface area contributed by atoms with Crippen molar-refractivity contribution in [3.8, 4) is 0 Å². The van der Waals surface area contributed by atoms with E-state index < -0.39 is 5.60 Å². The zero-order chi connectivity index (χ0) is 14.2. The smallest absolute Gasteiger partial charge is 0.0936 e. The first-order chi connectivity index (χ1) is 9.59. The van der Waals surface area contributed by atoms with Crippen LogP contribution in [-0.4, -0.2) is 18.7 Å². The fraction of sp³-hybridized carbons (Fsp3) is 0.333. The molecule has 2 aromatic rings. The molecule has 0 amide bonds. The molecular formula is C18H21NO. The molecule has 3 rings (SSSR count). The van der Waals surface area contributed by atoms with Gasteiger partial charge in [-0.2, -0.15) is 0 Å². The number of aliphatic hydroxyl groups is 1. The molecule has 0 aromatic heterocycles. The largest absolute Gasteiger partial charge is 0.385 e. The summed E-state index contributed by atoms with van der Waals surface area (Å²) >= 11 is 0. The van der Waals surface area contributed by atoms with Gasteiger partial charge in [-0.25, -0.2) is 0 Å². The molecule has 0 spiro atoms. The summed E-state index contributed by atoms with van der Waals surface area (Å²) in [5, 5.41) is 11.0. The van der Waals surface area contributed by atoms with Crippen LogP contribution >= 0.6 is 0 Å². The van der Waals surface area contributed by atoms with Crippen LogP contribution in [0.3, 0.4) is 0 Å². The molecule has 1 aliphatic heterocycles. The van der Waals surface area contributed by atoms with Crippen LogP contribution in [0.4, 0.5) is 5.69 Å². The van der Waals surface area contributed by atoms with Crippen molar-refractivity contribution in [2.24, 2.45) is 5.92 Å². The highest BCUT2D eigenvalue weighted by atomic mass is 16.3. The highest BCUT2D eigenvalue weighted by Gasteiger charge is 2.40. The number of benzene rings is 2. The van der Waals surface area contributed by atoms with Gasteiger partial charge in [0.15, 0.2) is 0 Å². The average Bonchev–Trinajstić information content (AvgIpc) is 2.46. The summed E-state index contributed by atoms with van der Waals surface area (Å²) in [6.45, 7) is 2.82. The summed E-state index contributed by atoms with van der Waals surface area (Å²) in [5.74, 6) is 0.199. The van der Waals surface area contributed by atoms with Gasteiger partial charge in [0.1, 0.15) is 0 Å². The molecule has 2 heteroatoms. The molecule has 2 unspecified atom stereocenters. The van der Waals surface area contributed by atoms with Gasteiger partial charge in [0.25, 0.3) is 0 Å². The predicted molar refractivity (Wildman–Crippen MR) is 82.9 cm³/mol. The third-order valence-electron chi connectivity index (χ3n) is 4.47. The van der Waals surface area contributed by atoms with Gasteiger partial charge in [-0.15, -0.1) is 0 Å². The van der Waals surface area contributed by atoms with E-state index in [2.05, 4.69) is 42.3 Å². The highest BCUT2D eigenvalue weighted by Crippen LogP contribution is 2.41. The van der Waals surface area contributed by atoms with Crippen molar-refractivity contribution in [2.75, 3.05) is 18.5 Å². The van der Waals surface area contributed by atoms with Gasteiger partial charge in [0, 0.05) is 30.8 Å². The quantitative estimate of drug-likeness (QED) is 0.903. The maximum atomic E-state index is 11.0. The van der Waals surface area contributed by atoms with Gasteiger partial charge in [0.2, 0.25) is 0 Å². The first kappa shape index (κ1) is 13.2. The Labute approximate surface area is 120 Å². The Morgan fingerprint density at radius 1 is 1.10 bits per heavy atom. The Balaban J connectivity index is 1.95. The predicted octanol–water partition coefficient (Wildman–Crippen LogP) is 3.20. The summed E-state index contributed by atoms with van der Waals surface area (Å²) in [6.07, 6.45) is 0.895.